The van der Waals surface area contributed by atoms with Crippen molar-refractivity contribution in [1.82, 2.24) is 9.38 Å². The summed E-state index contributed by atoms with van der Waals surface area (Å²) in [5, 5.41) is 0.665. The van der Waals surface area contributed by atoms with Crippen molar-refractivity contribution in [2.24, 2.45) is 0 Å². The van der Waals surface area contributed by atoms with Crippen LogP contribution in [0.15, 0.2) is 54.9 Å². The molecule has 4 aromatic rings. The van der Waals surface area contributed by atoms with Crippen molar-refractivity contribution in [3.8, 4) is 28.1 Å². The molecule has 1 aliphatic rings. The number of aryl methyl sites for hydroxylation is 2. The quantitative estimate of drug-likeness (QED) is 0.340. The second-order valence-corrected chi connectivity index (χ2v) is 8.73. The second-order valence-electron chi connectivity index (χ2n) is 8.29. The highest BCUT2D eigenvalue weighted by atomic mass is 35.5. The molecule has 0 fully saturated rings. The van der Waals surface area contributed by atoms with Crippen molar-refractivity contribution >= 4 is 23.2 Å². The molecule has 1 aliphatic heterocycles. The summed E-state index contributed by atoms with van der Waals surface area (Å²) in [5.41, 5.74) is 7.66. The molecule has 0 bridgehead atoms. The van der Waals surface area contributed by atoms with Crippen LogP contribution in [0.5, 0.6) is 5.75 Å². The second kappa shape index (κ2) is 8.91. The lowest BCUT2D eigenvalue weighted by molar-refractivity contribution is -0.142. The molecule has 6 heteroatoms. The summed E-state index contributed by atoms with van der Waals surface area (Å²) in [5.74, 6) is 0.692. The number of hydrogen-bond donors (Lipinski definition) is 0. The number of carbonyl (C=O) groups is 1. The van der Waals surface area contributed by atoms with E-state index in [1.807, 2.05) is 61.0 Å². The Balaban J connectivity index is 1.73. The van der Waals surface area contributed by atoms with E-state index < -0.39 is 0 Å². The molecule has 0 N–H and O–H groups in total. The Morgan fingerprint density at radius 1 is 1.18 bits per heavy atom. The lowest BCUT2D eigenvalue weighted by atomic mass is 9.93. The first-order chi connectivity index (χ1) is 16.0. The van der Waals surface area contributed by atoms with Gasteiger partial charge in [-0.1, -0.05) is 29.8 Å². The monoisotopic (exact) mass is 460 g/mol. The fourth-order valence-electron chi connectivity index (χ4n) is 4.49. The van der Waals surface area contributed by atoms with Gasteiger partial charge in [0.05, 0.1) is 25.3 Å². The van der Waals surface area contributed by atoms with Gasteiger partial charge in [0.2, 0.25) is 0 Å². The normalized spacial score (nSPS) is 12.9. The van der Waals surface area contributed by atoms with Crippen molar-refractivity contribution in [3.05, 3.63) is 76.6 Å². The van der Waals surface area contributed by atoms with Crippen LogP contribution in [0.3, 0.4) is 0 Å². The zero-order valence-corrected chi connectivity index (χ0v) is 19.5. The lowest BCUT2D eigenvalue weighted by Crippen LogP contribution is -2.11. The Bertz CT molecular complexity index is 1360. The van der Waals surface area contributed by atoms with E-state index in [1.165, 1.54) is 5.56 Å². The maximum Gasteiger partial charge on any atom is 0.310 e. The Morgan fingerprint density at radius 2 is 2.06 bits per heavy atom. The van der Waals surface area contributed by atoms with Crippen molar-refractivity contribution in [2.45, 2.75) is 33.1 Å². The number of rotatable bonds is 5. The summed E-state index contributed by atoms with van der Waals surface area (Å²) in [7, 11) is 0. The molecule has 168 valence electrons. The molecule has 0 spiro atoms. The fourth-order valence-corrected chi connectivity index (χ4v) is 4.68. The highest BCUT2D eigenvalue weighted by Gasteiger charge is 2.21. The number of halogens is 1. The third kappa shape index (κ3) is 4.21. The van der Waals surface area contributed by atoms with Crippen LogP contribution in [0, 0.1) is 6.92 Å². The number of imidazole rings is 1. The van der Waals surface area contributed by atoms with Crippen LogP contribution in [-0.2, 0) is 22.4 Å². The molecule has 3 heterocycles. The Morgan fingerprint density at radius 3 is 2.88 bits per heavy atom. The number of pyridine rings is 1. The minimum atomic E-state index is -0.242. The number of ether oxygens (including phenoxy) is 2. The first kappa shape index (κ1) is 21.5. The van der Waals surface area contributed by atoms with Crippen LogP contribution in [0.2, 0.25) is 5.02 Å². The Labute approximate surface area is 197 Å². The van der Waals surface area contributed by atoms with Gasteiger partial charge in [-0.15, -0.1) is 0 Å². The van der Waals surface area contributed by atoms with Crippen molar-refractivity contribution in [1.29, 1.82) is 0 Å². The molecule has 0 radical (unpaired) electrons. The number of carbonyl (C=O) groups excluding carboxylic acids is 1. The number of esters is 1. The molecule has 0 saturated heterocycles. The number of aromatic nitrogens is 2. The summed E-state index contributed by atoms with van der Waals surface area (Å²) >= 11 is 6.23. The fraction of sp³-hybridized carbons (Fsp3) is 0.259. The first-order valence-electron chi connectivity index (χ1n) is 11.2. The molecule has 33 heavy (non-hydrogen) atoms. The molecule has 2 aromatic carbocycles. The maximum atomic E-state index is 12.5. The van der Waals surface area contributed by atoms with E-state index in [4.69, 9.17) is 26.1 Å². The molecule has 0 saturated carbocycles. The van der Waals surface area contributed by atoms with Gasteiger partial charge in [-0.05, 0) is 73.2 Å². The predicted molar refractivity (Wildman–Crippen MR) is 130 cm³/mol. The molecule has 5 rings (SSSR count). The zero-order chi connectivity index (χ0) is 22.9. The topological polar surface area (TPSA) is 52.8 Å². The average molecular weight is 461 g/mol. The minimum Gasteiger partial charge on any atom is -0.493 e. The van der Waals surface area contributed by atoms with Crippen molar-refractivity contribution < 1.29 is 14.3 Å². The Hall–Kier alpha value is -3.31. The van der Waals surface area contributed by atoms with Gasteiger partial charge in [0.25, 0.3) is 0 Å². The van der Waals surface area contributed by atoms with Gasteiger partial charge in [-0.2, -0.15) is 0 Å². The van der Waals surface area contributed by atoms with E-state index in [0.717, 1.165) is 64.4 Å². The number of fused-ring (bicyclic) bond motifs is 2. The summed E-state index contributed by atoms with van der Waals surface area (Å²) < 4.78 is 13.1. The van der Waals surface area contributed by atoms with Gasteiger partial charge in [0.1, 0.15) is 11.4 Å². The lowest BCUT2D eigenvalue weighted by Gasteiger charge is -2.20. The van der Waals surface area contributed by atoms with E-state index in [-0.39, 0.29) is 12.4 Å². The highest BCUT2D eigenvalue weighted by molar-refractivity contribution is 6.30. The van der Waals surface area contributed by atoms with Crippen molar-refractivity contribution in [2.75, 3.05) is 13.2 Å². The molecule has 0 amide bonds. The first-order valence-corrected chi connectivity index (χ1v) is 11.6. The van der Waals surface area contributed by atoms with E-state index >= 15 is 0 Å². The van der Waals surface area contributed by atoms with E-state index in [9.17, 15) is 4.79 Å². The van der Waals surface area contributed by atoms with Gasteiger partial charge in [-0.25, -0.2) is 4.98 Å². The van der Waals surface area contributed by atoms with Gasteiger partial charge in [0, 0.05) is 28.5 Å². The third-order valence-electron chi connectivity index (χ3n) is 6.01. The van der Waals surface area contributed by atoms with Crippen molar-refractivity contribution in [3.63, 3.8) is 0 Å². The summed E-state index contributed by atoms with van der Waals surface area (Å²) in [6.45, 7) is 4.95. The number of hydrogen-bond acceptors (Lipinski definition) is 4. The predicted octanol–water partition coefficient (Wildman–Crippen LogP) is 6.06. The van der Waals surface area contributed by atoms with Crippen LogP contribution in [-0.4, -0.2) is 28.6 Å². The molecular formula is C27H25ClN2O3. The van der Waals surface area contributed by atoms with Crippen LogP contribution in [0.4, 0.5) is 0 Å². The smallest absolute Gasteiger partial charge is 0.310 e. The van der Waals surface area contributed by atoms with E-state index in [1.54, 1.807) is 0 Å². The SMILES string of the molecule is CCOC(=O)Cc1c(C)cn2cc(-c3cccc(Cl)c3)nc2c1-c1ccc2c(c1)CCCO2. The van der Waals surface area contributed by atoms with Gasteiger partial charge in [0.15, 0.2) is 0 Å². The third-order valence-corrected chi connectivity index (χ3v) is 6.25. The van der Waals surface area contributed by atoms with Crippen LogP contribution < -0.4 is 4.74 Å². The van der Waals surface area contributed by atoms with Crippen LogP contribution in [0.25, 0.3) is 28.0 Å². The highest BCUT2D eigenvalue weighted by Crippen LogP contribution is 2.36. The van der Waals surface area contributed by atoms with Crippen LogP contribution in [0.1, 0.15) is 30.0 Å². The molecule has 0 atom stereocenters. The summed E-state index contributed by atoms with van der Waals surface area (Å²) in [6, 6.07) is 13.9. The van der Waals surface area contributed by atoms with Crippen LogP contribution >= 0.6 is 11.6 Å². The zero-order valence-electron chi connectivity index (χ0n) is 18.7. The Kier molecular flexibility index (Phi) is 5.81. The molecule has 2 aromatic heterocycles. The van der Waals surface area contributed by atoms with Gasteiger partial charge in [-0.3, -0.25) is 4.79 Å². The van der Waals surface area contributed by atoms with Gasteiger partial charge < -0.3 is 13.9 Å². The summed E-state index contributed by atoms with van der Waals surface area (Å²) in [6.07, 6.45) is 6.19. The number of benzene rings is 2. The standard InChI is InChI=1S/C27H25ClN2O3/c1-3-32-25(31)14-22-17(2)15-30-16-23(18-6-4-8-21(28)13-18)29-27(30)26(22)20-9-10-24-19(12-20)7-5-11-33-24/h4,6,8-10,12-13,15-16H,3,5,7,11,14H2,1-2H3. The molecule has 5 nitrogen and oxygen atoms in total. The maximum absolute atomic E-state index is 12.5. The number of nitrogens with zero attached hydrogens (tertiary/aromatic N) is 2. The molecule has 0 unspecified atom stereocenters. The molecular weight excluding hydrogens is 436 g/mol. The van der Waals surface area contributed by atoms with E-state index in [0.29, 0.717) is 11.6 Å². The van der Waals surface area contributed by atoms with Gasteiger partial charge >= 0.3 is 5.97 Å². The molecule has 0 aliphatic carbocycles. The summed E-state index contributed by atoms with van der Waals surface area (Å²) in [4.78, 5) is 17.5. The van der Waals surface area contributed by atoms with E-state index in [2.05, 4.69) is 12.1 Å². The average Bonchev–Trinajstić information content (AvgIpc) is 3.23. The minimum absolute atomic E-state index is 0.193. The largest absolute Gasteiger partial charge is 0.493 e.